The molecule has 2 heterocycles. The highest BCUT2D eigenvalue weighted by atomic mass is 15.2. The monoisotopic (exact) mass is 289 g/mol. The Kier molecular flexibility index (Phi) is 3.19. The summed E-state index contributed by atoms with van der Waals surface area (Å²) >= 11 is 0. The molecule has 3 heteroatoms. The molecule has 0 saturated carbocycles. The van der Waals surface area contributed by atoms with E-state index >= 15 is 0 Å². The maximum atomic E-state index is 6.37. The lowest BCUT2D eigenvalue weighted by molar-refractivity contribution is 0.806. The number of aromatic nitrogens is 1. The number of nitrogens with zero attached hydrogens (tertiary/aromatic N) is 2. The lowest BCUT2D eigenvalue weighted by atomic mass is 10.1. The molecule has 0 saturated heterocycles. The van der Waals surface area contributed by atoms with Gasteiger partial charge in [-0.05, 0) is 24.5 Å². The normalized spacial score (nSPS) is 13.5. The number of hydrogen-bond acceptors (Lipinski definition) is 3. The molecule has 22 heavy (non-hydrogen) atoms. The van der Waals surface area contributed by atoms with Crippen LogP contribution in [0.1, 0.15) is 11.1 Å². The molecule has 2 aromatic carbocycles. The van der Waals surface area contributed by atoms with Gasteiger partial charge >= 0.3 is 0 Å². The quantitative estimate of drug-likeness (QED) is 0.803. The Bertz CT molecular complexity index is 812. The van der Waals surface area contributed by atoms with E-state index in [4.69, 9.17) is 10.7 Å². The van der Waals surface area contributed by atoms with Gasteiger partial charge in [0.05, 0.1) is 5.52 Å². The average molecular weight is 289 g/mol. The maximum Gasteiger partial charge on any atom is 0.134 e. The number of pyridine rings is 1. The van der Waals surface area contributed by atoms with E-state index in [0.717, 1.165) is 48.3 Å². The van der Waals surface area contributed by atoms with Crippen LogP contribution in [0.4, 0.5) is 11.5 Å². The molecule has 0 unspecified atom stereocenters. The first-order chi connectivity index (χ1) is 10.8. The number of nitrogens with two attached hydrogens (primary N) is 1. The molecule has 1 aromatic heterocycles. The van der Waals surface area contributed by atoms with Crippen molar-refractivity contribution in [3.63, 3.8) is 0 Å². The molecule has 0 fully saturated rings. The highest BCUT2D eigenvalue weighted by molar-refractivity contribution is 5.95. The molecule has 4 rings (SSSR count). The van der Waals surface area contributed by atoms with Crippen molar-refractivity contribution >= 4 is 22.4 Å². The van der Waals surface area contributed by atoms with Crippen molar-refractivity contribution in [3.8, 4) is 0 Å². The van der Waals surface area contributed by atoms with Gasteiger partial charge in [0, 0.05) is 29.7 Å². The Morgan fingerprint density at radius 3 is 2.64 bits per heavy atom. The lowest BCUT2D eigenvalue weighted by Crippen LogP contribution is -2.24. The summed E-state index contributed by atoms with van der Waals surface area (Å²) in [7, 11) is 0. The van der Waals surface area contributed by atoms with Gasteiger partial charge in [0.15, 0.2) is 0 Å². The zero-order valence-electron chi connectivity index (χ0n) is 12.5. The third-order valence-electron chi connectivity index (χ3n) is 4.46. The van der Waals surface area contributed by atoms with Crippen molar-refractivity contribution in [2.24, 2.45) is 0 Å². The fourth-order valence-electron chi connectivity index (χ4n) is 3.25. The van der Waals surface area contributed by atoms with Crippen molar-refractivity contribution in [1.82, 2.24) is 4.98 Å². The maximum absolute atomic E-state index is 6.37. The number of anilines is 2. The fraction of sp³-hybridized carbons (Fsp3) is 0.211. The predicted molar refractivity (Wildman–Crippen MR) is 92.2 cm³/mol. The highest BCUT2D eigenvalue weighted by Gasteiger charge is 2.24. The van der Waals surface area contributed by atoms with E-state index in [9.17, 15) is 0 Å². The number of rotatable bonds is 3. The minimum absolute atomic E-state index is 0.905. The SMILES string of the molecule is Nc1c2c(nc3ccccc13)N(CCc1ccccc1)CC2. The average Bonchev–Trinajstić information content (AvgIpc) is 2.97. The molecule has 0 radical (unpaired) electrons. The molecule has 0 atom stereocenters. The zero-order chi connectivity index (χ0) is 14.9. The van der Waals surface area contributed by atoms with Crippen LogP contribution in [0, 0.1) is 0 Å². The van der Waals surface area contributed by atoms with Crippen molar-refractivity contribution in [1.29, 1.82) is 0 Å². The smallest absolute Gasteiger partial charge is 0.134 e. The van der Waals surface area contributed by atoms with Gasteiger partial charge in [-0.2, -0.15) is 0 Å². The topological polar surface area (TPSA) is 42.1 Å². The minimum Gasteiger partial charge on any atom is -0.398 e. The zero-order valence-corrected chi connectivity index (χ0v) is 12.5. The van der Waals surface area contributed by atoms with Gasteiger partial charge in [0.25, 0.3) is 0 Å². The number of benzene rings is 2. The van der Waals surface area contributed by atoms with Crippen LogP contribution in [0.25, 0.3) is 10.9 Å². The van der Waals surface area contributed by atoms with Crippen LogP contribution in [-0.4, -0.2) is 18.1 Å². The number of fused-ring (bicyclic) bond motifs is 2. The lowest BCUT2D eigenvalue weighted by Gasteiger charge is -2.19. The molecule has 0 aliphatic carbocycles. The van der Waals surface area contributed by atoms with Crippen molar-refractivity contribution < 1.29 is 0 Å². The van der Waals surface area contributed by atoms with Gasteiger partial charge in [0.2, 0.25) is 0 Å². The van der Waals surface area contributed by atoms with E-state index in [-0.39, 0.29) is 0 Å². The van der Waals surface area contributed by atoms with Crippen LogP contribution in [0.5, 0.6) is 0 Å². The highest BCUT2D eigenvalue weighted by Crippen LogP contribution is 2.35. The van der Waals surface area contributed by atoms with Crippen LogP contribution in [0.2, 0.25) is 0 Å². The fourth-order valence-corrected chi connectivity index (χ4v) is 3.25. The second kappa shape index (κ2) is 5.34. The van der Waals surface area contributed by atoms with E-state index in [0.29, 0.717) is 0 Å². The molecular formula is C19H19N3. The number of nitrogen functional groups attached to an aromatic ring is 1. The third kappa shape index (κ3) is 2.19. The summed E-state index contributed by atoms with van der Waals surface area (Å²) in [5.74, 6) is 1.08. The summed E-state index contributed by atoms with van der Waals surface area (Å²) < 4.78 is 0. The van der Waals surface area contributed by atoms with Crippen LogP contribution in [-0.2, 0) is 12.8 Å². The van der Waals surface area contributed by atoms with Gasteiger partial charge in [0.1, 0.15) is 5.82 Å². The first kappa shape index (κ1) is 13.1. The van der Waals surface area contributed by atoms with Gasteiger partial charge in [-0.25, -0.2) is 4.98 Å². The Morgan fingerprint density at radius 2 is 1.77 bits per heavy atom. The Labute approximate surface area is 130 Å². The Balaban J connectivity index is 1.64. The van der Waals surface area contributed by atoms with Gasteiger partial charge < -0.3 is 10.6 Å². The predicted octanol–water partition coefficient (Wildman–Crippen LogP) is 3.42. The summed E-state index contributed by atoms with van der Waals surface area (Å²) in [6.07, 6.45) is 2.03. The molecule has 2 N–H and O–H groups in total. The van der Waals surface area contributed by atoms with Gasteiger partial charge in [-0.15, -0.1) is 0 Å². The van der Waals surface area contributed by atoms with Crippen LogP contribution >= 0.6 is 0 Å². The molecule has 0 spiro atoms. The first-order valence-electron chi connectivity index (χ1n) is 7.79. The van der Waals surface area contributed by atoms with Crippen molar-refractivity contribution in [3.05, 3.63) is 65.7 Å². The van der Waals surface area contributed by atoms with Crippen LogP contribution in [0.15, 0.2) is 54.6 Å². The molecule has 1 aliphatic rings. The van der Waals surface area contributed by atoms with E-state index < -0.39 is 0 Å². The van der Waals surface area contributed by atoms with Gasteiger partial charge in [-0.3, -0.25) is 0 Å². The molecule has 0 amide bonds. The Morgan fingerprint density at radius 1 is 1.00 bits per heavy atom. The number of hydrogen-bond donors (Lipinski definition) is 1. The minimum atomic E-state index is 0.905. The second-order valence-corrected chi connectivity index (χ2v) is 5.82. The summed E-state index contributed by atoms with van der Waals surface area (Å²) in [6.45, 7) is 2.00. The molecule has 1 aliphatic heterocycles. The van der Waals surface area contributed by atoms with Crippen molar-refractivity contribution in [2.45, 2.75) is 12.8 Å². The largest absolute Gasteiger partial charge is 0.398 e. The van der Waals surface area contributed by atoms with E-state index in [1.165, 1.54) is 11.1 Å². The molecule has 110 valence electrons. The van der Waals surface area contributed by atoms with Gasteiger partial charge in [-0.1, -0.05) is 48.5 Å². The first-order valence-corrected chi connectivity index (χ1v) is 7.79. The molecule has 0 bridgehead atoms. The van der Waals surface area contributed by atoms with E-state index in [1.807, 2.05) is 18.2 Å². The van der Waals surface area contributed by atoms with E-state index in [1.54, 1.807) is 0 Å². The van der Waals surface area contributed by atoms with Crippen LogP contribution < -0.4 is 10.6 Å². The Hall–Kier alpha value is -2.55. The third-order valence-corrected chi connectivity index (χ3v) is 4.46. The van der Waals surface area contributed by atoms with Crippen LogP contribution in [0.3, 0.4) is 0 Å². The summed E-state index contributed by atoms with van der Waals surface area (Å²) in [4.78, 5) is 7.22. The molecular weight excluding hydrogens is 270 g/mol. The van der Waals surface area contributed by atoms with E-state index in [2.05, 4.69) is 41.3 Å². The van der Waals surface area contributed by atoms with Crippen molar-refractivity contribution in [2.75, 3.05) is 23.7 Å². The number of para-hydroxylation sites is 1. The second-order valence-electron chi connectivity index (χ2n) is 5.82. The standard InChI is InChI=1S/C19H19N3/c20-18-15-8-4-5-9-17(15)21-19-16(18)11-13-22(19)12-10-14-6-2-1-3-7-14/h1-9H,10-13H2,(H2,20,21). The summed E-state index contributed by atoms with van der Waals surface area (Å²) in [5, 5.41) is 1.08. The molecule has 3 aromatic rings. The summed E-state index contributed by atoms with van der Waals surface area (Å²) in [6, 6.07) is 18.7. The summed E-state index contributed by atoms with van der Waals surface area (Å²) in [5.41, 5.74) is 10.8. The molecule has 3 nitrogen and oxygen atoms in total.